The van der Waals surface area contributed by atoms with Crippen LogP contribution in [0.4, 0.5) is 10.1 Å². The van der Waals surface area contributed by atoms with Crippen LogP contribution >= 0.6 is 0 Å². The Morgan fingerprint density at radius 2 is 1.88 bits per heavy atom. The van der Waals surface area contributed by atoms with Gasteiger partial charge in [0, 0.05) is 24.3 Å². The fraction of sp³-hybridized carbons (Fsp3) is 0.333. The van der Waals surface area contributed by atoms with Crippen LogP contribution in [0.25, 0.3) is 11.4 Å². The Morgan fingerprint density at radius 1 is 1.16 bits per heavy atom. The predicted octanol–water partition coefficient (Wildman–Crippen LogP) is 2.54. The van der Waals surface area contributed by atoms with Gasteiger partial charge in [0.25, 0.3) is 0 Å². The van der Waals surface area contributed by atoms with Crippen molar-refractivity contribution in [3.05, 3.63) is 54.3 Å². The lowest BCUT2D eigenvalue weighted by Gasteiger charge is -2.30. The molecule has 4 rings (SSSR count). The van der Waals surface area contributed by atoms with Crippen LogP contribution in [-0.4, -0.2) is 51.9 Å². The summed E-state index contributed by atoms with van der Waals surface area (Å²) in [6, 6.07) is 11.7. The van der Waals surface area contributed by atoms with E-state index in [9.17, 15) is 17.6 Å². The number of nitrogens with zero attached hydrogens (tertiary/aromatic N) is 5. The molecule has 32 heavy (non-hydrogen) atoms. The summed E-state index contributed by atoms with van der Waals surface area (Å²) in [5.41, 5.74) is 1.04. The van der Waals surface area contributed by atoms with E-state index in [2.05, 4.69) is 20.7 Å². The molecule has 9 nitrogen and oxygen atoms in total. The van der Waals surface area contributed by atoms with Gasteiger partial charge in [-0.3, -0.25) is 4.79 Å². The van der Waals surface area contributed by atoms with Crippen LogP contribution in [0.2, 0.25) is 0 Å². The van der Waals surface area contributed by atoms with Gasteiger partial charge in [-0.15, -0.1) is 10.2 Å². The molecule has 3 aromatic rings. The highest BCUT2D eigenvalue weighted by atomic mass is 32.2. The Labute approximate surface area is 185 Å². The number of hydrogen-bond donors (Lipinski definition) is 1. The number of sulfonamides is 1. The van der Waals surface area contributed by atoms with Crippen molar-refractivity contribution in [3.63, 3.8) is 0 Å². The van der Waals surface area contributed by atoms with Crippen LogP contribution in [-0.2, 0) is 21.4 Å². The van der Waals surface area contributed by atoms with Crippen molar-refractivity contribution in [1.82, 2.24) is 24.5 Å². The van der Waals surface area contributed by atoms with Crippen LogP contribution in [0, 0.1) is 11.7 Å². The number of tetrazole rings is 1. The Morgan fingerprint density at radius 3 is 2.56 bits per heavy atom. The van der Waals surface area contributed by atoms with Gasteiger partial charge in [0.1, 0.15) is 12.4 Å². The van der Waals surface area contributed by atoms with Gasteiger partial charge in [-0.1, -0.05) is 6.92 Å². The molecule has 2 heterocycles. The van der Waals surface area contributed by atoms with E-state index in [1.165, 1.54) is 40.7 Å². The number of piperidine rings is 1. The smallest absolute Gasteiger partial charge is 0.248 e. The number of benzene rings is 2. The normalized spacial score (nSPS) is 17.2. The molecule has 168 valence electrons. The van der Waals surface area contributed by atoms with Gasteiger partial charge in [0.15, 0.2) is 0 Å². The van der Waals surface area contributed by atoms with Gasteiger partial charge < -0.3 is 5.32 Å². The van der Waals surface area contributed by atoms with Gasteiger partial charge in [-0.2, -0.15) is 9.10 Å². The van der Waals surface area contributed by atoms with Crippen molar-refractivity contribution in [2.75, 3.05) is 18.4 Å². The van der Waals surface area contributed by atoms with Crippen molar-refractivity contribution in [2.24, 2.45) is 5.92 Å². The minimum absolute atomic E-state index is 0.181. The molecule has 1 aliphatic heterocycles. The maximum absolute atomic E-state index is 13.0. The second kappa shape index (κ2) is 9.13. The maximum atomic E-state index is 13.0. The Kier molecular flexibility index (Phi) is 6.28. The number of carbonyl (C=O) groups is 1. The van der Waals surface area contributed by atoms with Crippen LogP contribution < -0.4 is 5.32 Å². The van der Waals surface area contributed by atoms with Crippen LogP contribution in [0.3, 0.4) is 0 Å². The van der Waals surface area contributed by atoms with Gasteiger partial charge in [0.05, 0.1) is 4.90 Å². The summed E-state index contributed by atoms with van der Waals surface area (Å²) < 4.78 is 40.2. The standard InChI is InChI=1S/C21H23FN6O3S/c1-15-3-2-12-27(13-15)32(30,31)19-10-8-18(9-11-19)23-20(29)14-28-25-21(24-26-28)16-4-6-17(22)7-5-16/h4-11,15H,2-3,12-14H2,1H3,(H,23,29). The predicted molar refractivity (Wildman–Crippen MR) is 115 cm³/mol. The lowest BCUT2D eigenvalue weighted by Crippen LogP contribution is -2.39. The number of rotatable bonds is 6. The van der Waals surface area contributed by atoms with Crippen molar-refractivity contribution >= 4 is 21.6 Å². The zero-order valence-corrected chi connectivity index (χ0v) is 18.3. The molecule has 1 fully saturated rings. The SMILES string of the molecule is CC1CCCN(S(=O)(=O)c2ccc(NC(=O)Cn3nnc(-c4ccc(F)cc4)n3)cc2)C1. The van der Waals surface area contributed by atoms with E-state index in [1.807, 2.05) is 6.92 Å². The number of aromatic nitrogens is 4. The van der Waals surface area contributed by atoms with E-state index in [0.29, 0.717) is 30.3 Å². The van der Waals surface area contributed by atoms with Crippen LogP contribution in [0.15, 0.2) is 53.4 Å². The lowest BCUT2D eigenvalue weighted by atomic mass is 10.0. The first kappa shape index (κ1) is 22.0. The summed E-state index contributed by atoms with van der Waals surface area (Å²) in [6.07, 6.45) is 1.89. The molecule has 1 saturated heterocycles. The molecule has 1 amide bonds. The second-order valence-corrected chi connectivity index (χ2v) is 9.77. The molecule has 0 saturated carbocycles. The van der Waals surface area contributed by atoms with E-state index in [1.54, 1.807) is 12.1 Å². The average molecular weight is 459 g/mol. The van der Waals surface area contributed by atoms with Gasteiger partial charge in [0.2, 0.25) is 21.8 Å². The molecule has 0 bridgehead atoms. The molecule has 11 heteroatoms. The van der Waals surface area contributed by atoms with E-state index < -0.39 is 15.9 Å². The lowest BCUT2D eigenvalue weighted by molar-refractivity contribution is -0.117. The van der Waals surface area contributed by atoms with E-state index >= 15 is 0 Å². The molecule has 1 atom stereocenters. The highest BCUT2D eigenvalue weighted by Crippen LogP contribution is 2.24. The monoisotopic (exact) mass is 458 g/mol. The highest BCUT2D eigenvalue weighted by molar-refractivity contribution is 7.89. The number of nitrogens with one attached hydrogen (secondary N) is 1. The minimum atomic E-state index is -3.55. The number of carbonyl (C=O) groups excluding carboxylic acids is 1. The minimum Gasteiger partial charge on any atom is -0.324 e. The number of anilines is 1. The molecule has 1 aliphatic rings. The highest BCUT2D eigenvalue weighted by Gasteiger charge is 2.28. The molecule has 2 aromatic carbocycles. The molecular formula is C21H23FN6O3S. The zero-order chi connectivity index (χ0) is 22.7. The van der Waals surface area contributed by atoms with E-state index in [0.717, 1.165) is 17.6 Å². The first-order valence-electron chi connectivity index (χ1n) is 10.2. The summed E-state index contributed by atoms with van der Waals surface area (Å²) in [6.45, 7) is 2.91. The Hall–Kier alpha value is -3.18. The number of hydrogen-bond acceptors (Lipinski definition) is 6. The van der Waals surface area contributed by atoms with Gasteiger partial charge >= 0.3 is 0 Å². The van der Waals surface area contributed by atoms with Crippen molar-refractivity contribution in [2.45, 2.75) is 31.2 Å². The summed E-state index contributed by atoms with van der Waals surface area (Å²) in [4.78, 5) is 13.7. The molecule has 0 radical (unpaired) electrons. The van der Waals surface area contributed by atoms with E-state index in [4.69, 9.17) is 0 Å². The third kappa shape index (κ3) is 5.00. The van der Waals surface area contributed by atoms with E-state index in [-0.39, 0.29) is 23.1 Å². The fourth-order valence-corrected chi connectivity index (χ4v) is 5.18. The quantitative estimate of drug-likeness (QED) is 0.608. The third-order valence-corrected chi connectivity index (χ3v) is 7.12. The summed E-state index contributed by atoms with van der Waals surface area (Å²) in [5, 5.41) is 14.5. The topological polar surface area (TPSA) is 110 Å². The molecular weight excluding hydrogens is 435 g/mol. The Balaban J connectivity index is 1.37. The summed E-state index contributed by atoms with van der Waals surface area (Å²) in [7, 11) is -3.55. The number of amides is 1. The number of halogens is 1. The molecule has 1 aromatic heterocycles. The molecule has 0 aliphatic carbocycles. The average Bonchev–Trinajstić information content (AvgIpc) is 3.23. The maximum Gasteiger partial charge on any atom is 0.248 e. The van der Waals surface area contributed by atoms with Crippen molar-refractivity contribution in [3.8, 4) is 11.4 Å². The third-order valence-electron chi connectivity index (χ3n) is 5.24. The van der Waals surface area contributed by atoms with Crippen molar-refractivity contribution in [1.29, 1.82) is 0 Å². The van der Waals surface area contributed by atoms with Crippen molar-refractivity contribution < 1.29 is 17.6 Å². The fourth-order valence-electron chi connectivity index (χ4n) is 3.58. The molecule has 0 spiro atoms. The van der Waals surface area contributed by atoms with Crippen LogP contribution in [0.1, 0.15) is 19.8 Å². The largest absolute Gasteiger partial charge is 0.324 e. The van der Waals surface area contributed by atoms with Gasteiger partial charge in [-0.25, -0.2) is 12.8 Å². The summed E-state index contributed by atoms with van der Waals surface area (Å²) >= 11 is 0. The molecule has 1 unspecified atom stereocenters. The Bertz CT molecular complexity index is 1200. The molecule has 1 N–H and O–H groups in total. The van der Waals surface area contributed by atoms with Gasteiger partial charge in [-0.05, 0) is 72.5 Å². The first-order chi connectivity index (χ1) is 15.3. The first-order valence-corrected chi connectivity index (χ1v) is 11.7. The summed E-state index contributed by atoms with van der Waals surface area (Å²) in [5.74, 6) is -0.149. The van der Waals surface area contributed by atoms with Crippen LogP contribution in [0.5, 0.6) is 0 Å². The zero-order valence-electron chi connectivity index (χ0n) is 17.5. The second-order valence-electron chi connectivity index (χ2n) is 7.83.